The average molecular weight is 283 g/mol. The van der Waals surface area contributed by atoms with Crippen molar-refractivity contribution in [1.82, 2.24) is 4.57 Å². The molecule has 0 bridgehead atoms. The molecule has 1 aromatic carbocycles. The fraction of sp³-hybridized carbons (Fsp3) is 0.312. The Morgan fingerprint density at radius 2 is 1.90 bits per heavy atom. The fourth-order valence-electron chi connectivity index (χ4n) is 2.36. The lowest BCUT2D eigenvalue weighted by Gasteiger charge is -2.19. The number of nitrogens with zero attached hydrogens (tertiary/aromatic N) is 3. The molecule has 0 unspecified atom stereocenters. The number of hydrogen-bond acceptors (Lipinski definition) is 2. The molecule has 21 heavy (non-hydrogen) atoms. The standard InChI is InChI=1S/C16H17N3O2/c1-16(2,3)12-10-11(6-7-14(12)19(20)21)13-8-9-15(17-4)18(13)5/h6-10H,1-3,5H3. The van der Waals surface area contributed by atoms with Crippen LogP contribution in [0.5, 0.6) is 0 Å². The summed E-state index contributed by atoms with van der Waals surface area (Å²) in [6, 6.07) is 8.74. The van der Waals surface area contributed by atoms with Crippen LogP contribution in [0.2, 0.25) is 0 Å². The minimum Gasteiger partial charge on any atom is -0.364 e. The first-order valence-electron chi connectivity index (χ1n) is 6.58. The van der Waals surface area contributed by atoms with Gasteiger partial charge in [0, 0.05) is 17.2 Å². The molecule has 2 aromatic rings. The van der Waals surface area contributed by atoms with Gasteiger partial charge in [-0.05, 0) is 29.7 Å². The van der Waals surface area contributed by atoms with Crippen LogP contribution in [0, 0.1) is 16.7 Å². The molecule has 2 rings (SSSR count). The topological polar surface area (TPSA) is 52.4 Å². The smallest absolute Gasteiger partial charge is 0.273 e. The number of benzene rings is 1. The van der Waals surface area contributed by atoms with Gasteiger partial charge in [0.1, 0.15) is 5.69 Å². The number of aromatic nitrogens is 1. The lowest BCUT2D eigenvalue weighted by Crippen LogP contribution is -2.14. The van der Waals surface area contributed by atoms with Crippen LogP contribution in [-0.2, 0) is 12.5 Å². The molecule has 0 atom stereocenters. The third-order valence-corrected chi connectivity index (χ3v) is 3.51. The molecule has 108 valence electrons. The zero-order chi connectivity index (χ0) is 15.8. The van der Waals surface area contributed by atoms with E-state index < -0.39 is 0 Å². The van der Waals surface area contributed by atoms with E-state index in [0.29, 0.717) is 11.4 Å². The van der Waals surface area contributed by atoms with Gasteiger partial charge < -0.3 is 4.85 Å². The summed E-state index contributed by atoms with van der Waals surface area (Å²) in [6.45, 7) is 13.0. The third kappa shape index (κ3) is 2.65. The molecule has 0 aliphatic carbocycles. The van der Waals surface area contributed by atoms with Crippen molar-refractivity contribution in [3.8, 4) is 11.3 Å². The Morgan fingerprint density at radius 1 is 1.24 bits per heavy atom. The maximum atomic E-state index is 11.2. The first kappa shape index (κ1) is 14.8. The van der Waals surface area contributed by atoms with Crippen LogP contribution in [0.4, 0.5) is 11.5 Å². The van der Waals surface area contributed by atoms with Gasteiger partial charge in [0.25, 0.3) is 5.69 Å². The van der Waals surface area contributed by atoms with E-state index in [1.807, 2.05) is 40.0 Å². The molecule has 0 amide bonds. The normalized spacial score (nSPS) is 11.2. The minimum atomic E-state index is -0.347. The SMILES string of the molecule is [C-]#[N+]c1ccc(-c2ccc([N+](=O)[O-])c(C(C)(C)C)c2)n1C. The lowest BCUT2D eigenvalue weighted by atomic mass is 9.84. The molecule has 1 heterocycles. The largest absolute Gasteiger partial charge is 0.364 e. The molecule has 5 heteroatoms. The van der Waals surface area contributed by atoms with Gasteiger partial charge in [-0.3, -0.25) is 14.7 Å². The molecular formula is C16H17N3O2. The highest BCUT2D eigenvalue weighted by Crippen LogP contribution is 2.35. The predicted molar refractivity (Wildman–Crippen MR) is 82.5 cm³/mol. The number of hydrogen-bond donors (Lipinski definition) is 0. The van der Waals surface area contributed by atoms with E-state index in [9.17, 15) is 10.1 Å². The summed E-state index contributed by atoms with van der Waals surface area (Å²) in [6.07, 6.45) is 0. The number of rotatable bonds is 2. The average Bonchev–Trinajstić information content (AvgIpc) is 2.78. The van der Waals surface area contributed by atoms with Crippen LogP contribution in [0.25, 0.3) is 16.1 Å². The van der Waals surface area contributed by atoms with Crippen molar-refractivity contribution in [1.29, 1.82) is 0 Å². The summed E-state index contributed by atoms with van der Waals surface area (Å²) in [4.78, 5) is 14.3. The Kier molecular flexibility index (Phi) is 3.56. The molecule has 0 aliphatic rings. The summed E-state index contributed by atoms with van der Waals surface area (Å²) >= 11 is 0. The van der Waals surface area contributed by atoms with Crippen LogP contribution in [0.1, 0.15) is 26.3 Å². The van der Waals surface area contributed by atoms with Gasteiger partial charge in [-0.15, -0.1) is 0 Å². The highest BCUT2D eigenvalue weighted by Gasteiger charge is 2.26. The Morgan fingerprint density at radius 3 is 2.38 bits per heavy atom. The first-order chi connectivity index (χ1) is 9.75. The first-order valence-corrected chi connectivity index (χ1v) is 6.58. The van der Waals surface area contributed by atoms with E-state index in [0.717, 1.165) is 11.3 Å². The highest BCUT2D eigenvalue weighted by molar-refractivity contribution is 5.68. The monoisotopic (exact) mass is 283 g/mol. The highest BCUT2D eigenvalue weighted by atomic mass is 16.6. The molecule has 0 aliphatic heterocycles. The second kappa shape index (κ2) is 5.06. The van der Waals surface area contributed by atoms with Crippen molar-refractivity contribution in [2.75, 3.05) is 0 Å². The molecular weight excluding hydrogens is 266 g/mol. The van der Waals surface area contributed by atoms with Crippen molar-refractivity contribution >= 4 is 11.5 Å². The van der Waals surface area contributed by atoms with Crippen LogP contribution in [-0.4, -0.2) is 9.49 Å². The molecule has 5 nitrogen and oxygen atoms in total. The van der Waals surface area contributed by atoms with E-state index in [1.165, 1.54) is 0 Å². The van der Waals surface area contributed by atoms with E-state index in [2.05, 4.69) is 4.85 Å². The van der Waals surface area contributed by atoms with Crippen LogP contribution in [0.15, 0.2) is 30.3 Å². The lowest BCUT2D eigenvalue weighted by molar-refractivity contribution is -0.386. The molecule has 0 spiro atoms. The zero-order valence-corrected chi connectivity index (χ0v) is 12.5. The van der Waals surface area contributed by atoms with Gasteiger partial charge in [0.2, 0.25) is 5.82 Å². The Bertz CT molecular complexity index is 746. The molecule has 0 saturated heterocycles. The second-order valence-electron chi connectivity index (χ2n) is 5.99. The maximum absolute atomic E-state index is 11.2. The van der Waals surface area contributed by atoms with E-state index in [4.69, 9.17) is 6.57 Å². The summed E-state index contributed by atoms with van der Waals surface area (Å²) in [5.41, 5.74) is 2.25. The van der Waals surface area contributed by atoms with Crippen LogP contribution in [0.3, 0.4) is 0 Å². The molecule has 0 radical (unpaired) electrons. The van der Waals surface area contributed by atoms with Crippen LogP contribution < -0.4 is 0 Å². The number of nitro groups is 1. The van der Waals surface area contributed by atoms with Crippen molar-refractivity contribution in [2.45, 2.75) is 26.2 Å². The molecule has 1 aromatic heterocycles. The quantitative estimate of drug-likeness (QED) is 0.464. The van der Waals surface area contributed by atoms with E-state index in [1.54, 1.807) is 22.8 Å². The van der Waals surface area contributed by atoms with Crippen molar-refractivity contribution in [2.24, 2.45) is 7.05 Å². The third-order valence-electron chi connectivity index (χ3n) is 3.51. The predicted octanol–water partition coefficient (Wildman–Crippen LogP) is 4.45. The summed E-state index contributed by atoms with van der Waals surface area (Å²) in [5, 5.41) is 11.2. The van der Waals surface area contributed by atoms with Crippen molar-refractivity contribution < 1.29 is 4.92 Å². The summed E-state index contributed by atoms with van der Waals surface area (Å²) in [5.74, 6) is 0.542. The second-order valence-corrected chi connectivity index (χ2v) is 5.99. The van der Waals surface area contributed by atoms with Crippen LogP contribution >= 0.6 is 0 Å². The molecule has 0 saturated carbocycles. The van der Waals surface area contributed by atoms with Gasteiger partial charge >= 0.3 is 0 Å². The van der Waals surface area contributed by atoms with Crippen molar-refractivity contribution in [3.05, 3.63) is 57.4 Å². The molecule has 0 N–H and O–H groups in total. The van der Waals surface area contributed by atoms with Gasteiger partial charge in [0.05, 0.1) is 12.0 Å². The molecule has 0 fully saturated rings. The summed E-state index contributed by atoms with van der Waals surface area (Å²) in [7, 11) is 1.82. The van der Waals surface area contributed by atoms with Gasteiger partial charge in [-0.1, -0.05) is 27.3 Å². The summed E-state index contributed by atoms with van der Waals surface area (Å²) < 4.78 is 1.79. The zero-order valence-electron chi connectivity index (χ0n) is 12.5. The van der Waals surface area contributed by atoms with Crippen molar-refractivity contribution in [3.63, 3.8) is 0 Å². The van der Waals surface area contributed by atoms with E-state index in [-0.39, 0.29) is 16.0 Å². The van der Waals surface area contributed by atoms with Gasteiger partial charge in [0.15, 0.2) is 0 Å². The Labute approximate surface area is 123 Å². The number of nitro benzene ring substituents is 1. The maximum Gasteiger partial charge on any atom is 0.273 e. The fourth-order valence-corrected chi connectivity index (χ4v) is 2.36. The minimum absolute atomic E-state index is 0.130. The van der Waals surface area contributed by atoms with Gasteiger partial charge in [-0.25, -0.2) is 0 Å². The Balaban J connectivity index is 2.65. The van der Waals surface area contributed by atoms with Gasteiger partial charge in [-0.2, -0.15) is 0 Å². The Hall–Kier alpha value is -2.61. The van der Waals surface area contributed by atoms with E-state index >= 15 is 0 Å².